The van der Waals surface area contributed by atoms with Crippen molar-refractivity contribution in [2.75, 3.05) is 43.4 Å². The van der Waals surface area contributed by atoms with E-state index in [9.17, 15) is 9.59 Å². The van der Waals surface area contributed by atoms with Gasteiger partial charge in [-0.1, -0.05) is 35.0 Å². The van der Waals surface area contributed by atoms with Crippen LogP contribution in [0.15, 0.2) is 54.7 Å². The molecule has 40 heavy (non-hydrogen) atoms. The van der Waals surface area contributed by atoms with Crippen LogP contribution in [0.1, 0.15) is 43.4 Å². The number of nitrogens with two attached hydrogens (primary N) is 1. The van der Waals surface area contributed by atoms with Gasteiger partial charge in [-0.2, -0.15) is 0 Å². The van der Waals surface area contributed by atoms with Crippen molar-refractivity contribution in [3.63, 3.8) is 0 Å². The fourth-order valence-corrected chi connectivity index (χ4v) is 5.80. The Bertz CT molecular complexity index is 1290. The van der Waals surface area contributed by atoms with E-state index in [0.29, 0.717) is 25.1 Å². The number of halogens is 1. The zero-order valence-corrected chi connectivity index (χ0v) is 23.7. The second-order valence-electron chi connectivity index (χ2n) is 10.8. The number of amides is 1. The molecule has 5 rings (SSSR count). The number of ketones is 1. The summed E-state index contributed by atoms with van der Waals surface area (Å²) in [4.78, 5) is 32.1. The molecule has 0 bridgehead atoms. The smallest absolute Gasteiger partial charge is 0.223 e. The lowest BCUT2D eigenvalue weighted by molar-refractivity contribution is -0.134. The molecule has 2 fully saturated rings. The number of carbonyl (C=O) groups is 2. The summed E-state index contributed by atoms with van der Waals surface area (Å²) >= 11 is 6.16. The Morgan fingerprint density at radius 2 is 1.77 bits per heavy atom. The van der Waals surface area contributed by atoms with Crippen LogP contribution < -0.4 is 10.6 Å². The molecule has 0 aliphatic carbocycles. The molecule has 0 saturated carbocycles. The number of hydrogen-bond donors (Lipinski definition) is 1. The third kappa shape index (κ3) is 7.61. The summed E-state index contributed by atoms with van der Waals surface area (Å²) in [6, 6.07) is 15.7. The lowest BCUT2D eigenvalue weighted by atomic mass is 10.0. The van der Waals surface area contributed by atoms with E-state index in [0.717, 1.165) is 74.1 Å². The molecule has 1 aromatic heterocycles. The number of nitrogen functional groups attached to an aromatic ring is 1. The van der Waals surface area contributed by atoms with Gasteiger partial charge in [-0.25, -0.2) is 0 Å². The van der Waals surface area contributed by atoms with Crippen molar-refractivity contribution in [3.05, 3.63) is 71.0 Å². The fraction of sp³-hybridized carbons (Fsp3) is 0.467. The Hall–Kier alpha value is -3.43. The Kier molecular flexibility index (Phi) is 9.34. The number of benzene rings is 2. The normalized spacial score (nSPS) is 17.9. The fourth-order valence-electron chi connectivity index (χ4n) is 5.62. The van der Waals surface area contributed by atoms with E-state index < -0.39 is 0 Å². The van der Waals surface area contributed by atoms with Gasteiger partial charge in [0.1, 0.15) is 5.78 Å². The molecular formula is C30H38ClN7O2. The topological polar surface area (TPSA) is 101 Å². The van der Waals surface area contributed by atoms with Gasteiger partial charge in [0.15, 0.2) is 0 Å². The minimum atomic E-state index is 0.0567. The van der Waals surface area contributed by atoms with Crippen LogP contribution in [0.4, 0.5) is 11.4 Å². The van der Waals surface area contributed by atoms with Gasteiger partial charge >= 0.3 is 0 Å². The molecular weight excluding hydrogens is 526 g/mol. The van der Waals surface area contributed by atoms with Gasteiger partial charge in [-0.15, -0.1) is 5.10 Å². The number of Topliss-reactive ketones (excluding diaryl/α,β-unsaturated/α-hetero) is 1. The zero-order valence-electron chi connectivity index (χ0n) is 22.9. The number of piperazine rings is 1. The minimum absolute atomic E-state index is 0.0567. The molecule has 2 aliphatic heterocycles. The van der Waals surface area contributed by atoms with Crippen molar-refractivity contribution in [1.82, 2.24) is 24.8 Å². The maximum Gasteiger partial charge on any atom is 0.223 e. The summed E-state index contributed by atoms with van der Waals surface area (Å²) in [5, 5.41) is 9.53. The number of rotatable bonds is 11. The predicted octanol–water partition coefficient (Wildman–Crippen LogP) is 3.81. The first-order chi connectivity index (χ1) is 19.4. The van der Waals surface area contributed by atoms with E-state index in [4.69, 9.17) is 17.3 Å². The third-order valence-corrected chi connectivity index (χ3v) is 8.14. The second kappa shape index (κ2) is 13.3. The van der Waals surface area contributed by atoms with Gasteiger partial charge < -0.3 is 15.5 Å². The van der Waals surface area contributed by atoms with Crippen LogP contribution in [0, 0.1) is 0 Å². The lowest BCUT2D eigenvalue weighted by Crippen LogP contribution is -2.46. The average Bonchev–Trinajstić information content (AvgIpc) is 3.61. The standard InChI is InChI=1S/C30H38ClN7O2/c31-24-3-1-4-27(19-24)36-17-15-35(16-18-36)20-26-21-37(34-33-26)22-28-5-2-14-38(28)30(40)13-12-29(39)11-8-23-6-9-25(32)10-7-23/h1,3-4,6-7,9-10,19,21,28H,2,5,8,11-18,20,22,32H2. The van der Waals surface area contributed by atoms with Crippen molar-refractivity contribution in [2.24, 2.45) is 0 Å². The van der Waals surface area contributed by atoms with Crippen LogP contribution in [0.3, 0.4) is 0 Å². The maximum absolute atomic E-state index is 13.0. The van der Waals surface area contributed by atoms with E-state index in [-0.39, 0.29) is 30.6 Å². The molecule has 3 heterocycles. The summed E-state index contributed by atoms with van der Waals surface area (Å²) in [5.41, 5.74) is 9.63. The highest BCUT2D eigenvalue weighted by atomic mass is 35.5. The Balaban J connectivity index is 1.04. The van der Waals surface area contributed by atoms with Gasteiger partial charge in [0.2, 0.25) is 5.91 Å². The summed E-state index contributed by atoms with van der Waals surface area (Å²) in [5.74, 6) is 0.177. The number of aromatic nitrogens is 3. The molecule has 1 amide bonds. The lowest BCUT2D eigenvalue weighted by Gasteiger charge is -2.35. The summed E-state index contributed by atoms with van der Waals surface area (Å²) in [6.45, 7) is 5.91. The average molecular weight is 564 g/mol. The molecule has 1 unspecified atom stereocenters. The number of nitrogens with zero attached hydrogens (tertiary/aromatic N) is 6. The van der Waals surface area contributed by atoms with E-state index in [2.05, 4.69) is 26.2 Å². The Morgan fingerprint density at radius 3 is 2.55 bits per heavy atom. The maximum atomic E-state index is 13.0. The number of likely N-dealkylation sites (tertiary alicyclic amines) is 1. The van der Waals surface area contributed by atoms with Crippen molar-refractivity contribution < 1.29 is 9.59 Å². The first-order valence-corrected chi connectivity index (χ1v) is 14.6. The monoisotopic (exact) mass is 563 g/mol. The molecule has 10 heteroatoms. The van der Waals surface area contributed by atoms with Crippen LogP contribution >= 0.6 is 11.6 Å². The molecule has 212 valence electrons. The first-order valence-electron chi connectivity index (χ1n) is 14.2. The van der Waals surface area contributed by atoms with Gasteiger partial charge in [0.25, 0.3) is 0 Å². The quantitative estimate of drug-likeness (QED) is 0.354. The SMILES string of the molecule is Nc1ccc(CCC(=O)CCC(=O)N2CCCC2Cn2cc(CN3CCN(c4cccc(Cl)c4)CC3)nn2)cc1. The molecule has 2 saturated heterocycles. The number of carbonyl (C=O) groups excluding carboxylic acids is 2. The highest BCUT2D eigenvalue weighted by Gasteiger charge is 2.29. The summed E-state index contributed by atoms with van der Waals surface area (Å²) < 4.78 is 1.87. The highest BCUT2D eigenvalue weighted by Crippen LogP contribution is 2.22. The third-order valence-electron chi connectivity index (χ3n) is 7.90. The van der Waals surface area contributed by atoms with Crippen LogP contribution in [0.25, 0.3) is 0 Å². The van der Waals surface area contributed by atoms with E-state index in [1.807, 2.05) is 58.2 Å². The molecule has 2 aliphatic rings. The highest BCUT2D eigenvalue weighted by molar-refractivity contribution is 6.30. The molecule has 3 aromatic rings. The van der Waals surface area contributed by atoms with E-state index >= 15 is 0 Å². The molecule has 2 N–H and O–H groups in total. The minimum Gasteiger partial charge on any atom is -0.399 e. The van der Waals surface area contributed by atoms with Crippen LogP contribution in [0.2, 0.25) is 5.02 Å². The number of hydrogen-bond acceptors (Lipinski definition) is 7. The molecule has 0 radical (unpaired) electrons. The van der Waals surface area contributed by atoms with Gasteiger partial charge in [-0.3, -0.25) is 19.2 Å². The second-order valence-corrected chi connectivity index (χ2v) is 11.3. The first kappa shape index (κ1) is 28.1. The molecule has 2 aromatic carbocycles. The number of aryl methyl sites for hydroxylation is 1. The van der Waals surface area contributed by atoms with E-state index in [1.165, 1.54) is 0 Å². The van der Waals surface area contributed by atoms with Crippen LogP contribution in [-0.2, 0) is 29.1 Å². The van der Waals surface area contributed by atoms with Crippen LogP contribution in [-0.4, -0.2) is 75.2 Å². The molecule has 0 spiro atoms. The molecule has 1 atom stereocenters. The number of anilines is 2. The van der Waals surface area contributed by atoms with Crippen LogP contribution in [0.5, 0.6) is 0 Å². The predicted molar refractivity (Wildman–Crippen MR) is 157 cm³/mol. The van der Waals surface area contributed by atoms with Crippen molar-refractivity contribution in [3.8, 4) is 0 Å². The van der Waals surface area contributed by atoms with Crippen molar-refractivity contribution in [2.45, 2.75) is 57.7 Å². The molecule has 9 nitrogen and oxygen atoms in total. The largest absolute Gasteiger partial charge is 0.399 e. The van der Waals surface area contributed by atoms with Crippen molar-refractivity contribution in [1.29, 1.82) is 0 Å². The summed E-state index contributed by atoms with van der Waals surface area (Å²) in [6.07, 6.45) is 5.59. The van der Waals surface area contributed by atoms with Gasteiger partial charge in [0.05, 0.1) is 18.3 Å². The van der Waals surface area contributed by atoms with Gasteiger partial charge in [0, 0.05) is 81.1 Å². The zero-order chi connectivity index (χ0) is 27.9. The van der Waals surface area contributed by atoms with E-state index in [1.54, 1.807) is 0 Å². The Labute approximate surface area is 240 Å². The Morgan fingerprint density at radius 1 is 0.975 bits per heavy atom. The van der Waals surface area contributed by atoms with Gasteiger partial charge in [-0.05, 0) is 55.2 Å². The van der Waals surface area contributed by atoms with Crippen molar-refractivity contribution >= 4 is 34.7 Å². The summed E-state index contributed by atoms with van der Waals surface area (Å²) in [7, 11) is 0.